The van der Waals surface area contributed by atoms with Crippen LogP contribution in [-0.4, -0.2) is 142 Å². The molecule has 6 N–H and O–H groups in total. The monoisotopic (exact) mass is 803 g/mol. The minimum atomic E-state index is -0.944. The van der Waals surface area contributed by atoms with Crippen LogP contribution in [0.15, 0.2) is 30.3 Å². The second-order valence-corrected chi connectivity index (χ2v) is 14.5. The number of esters is 1. The summed E-state index contributed by atoms with van der Waals surface area (Å²) in [5.74, 6) is -3.04. The first-order valence-electron chi connectivity index (χ1n) is 19.8. The Morgan fingerprint density at radius 1 is 1.00 bits per heavy atom. The van der Waals surface area contributed by atoms with E-state index >= 15 is 0 Å². The molecule has 17 heteroatoms. The average molecular weight is 804 g/mol. The Labute approximate surface area is 336 Å². The van der Waals surface area contributed by atoms with Crippen molar-refractivity contribution in [2.75, 3.05) is 54.1 Å². The zero-order valence-corrected chi connectivity index (χ0v) is 34.6. The molecule has 17 nitrogen and oxygen atoms in total. The molecule has 1 aromatic carbocycles. The van der Waals surface area contributed by atoms with Gasteiger partial charge in [-0.15, -0.1) is 0 Å². The molecule has 1 heterocycles. The summed E-state index contributed by atoms with van der Waals surface area (Å²) in [4.78, 5) is 91.8. The van der Waals surface area contributed by atoms with Gasteiger partial charge >= 0.3 is 5.97 Å². The van der Waals surface area contributed by atoms with E-state index in [9.17, 15) is 33.6 Å². The third kappa shape index (κ3) is 15.3. The van der Waals surface area contributed by atoms with Crippen LogP contribution in [0.5, 0.6) is 0 Å². The number of nitrogens with two attached hydrogens (primary N) is 1. The molecule has 0 aromatic heterocycles. The highest BCUT2D eigenvalue weighted by atomic mass is 16.5. The fourth-order valence-electron chi connectivity index (χ4n) is 7.15. The summed E-state index contributed by atoms with van der Waals surface area (Å²) in [7, 11) is 4.71. The molecule has 1 aromatic rings. The molecule has 1 fully saturated rings. The van der Waals surface area contributed by atoms with Gasteiger partial charge in [-0.05, 0) is 37.7 Å². The van der Waals surface area contributed by atoms with Crippen LogP contribution in [0.4, 0.5) is 0 Å². The number of hydrogen-bond acceptors (Lipinski definition) is 11. The van der Waals surface area contributed by atoms with Crippen molar-refractivity contribution in [3.05, 3.63) is 35.9 Å². The second kappa shape index (κ2) is 25.6. The van der Waals surface area contributed by atoms with Gasteiger partial charge in [0.2, 0.25) is 35.9 Å². The number of nitrogens with zero attached hydrogens (tertiary/aromatic N) is 2. The lowest BCUT2D eigenvalue weighted by molar-refractivity contribution is -0.147. The number of likely N-dealkylation sites (tertiary alicyclic amines) is 1. The van der Waals surface area contributed by atoms with Crippen molar-refractivity contribution in [3.63, 3.8) is 0 Å². The number of benzene rings is 1. The molecule has 6 amide bonds. The van der Waals surface area contributed by atoms with Crippen molar-refractivity contribution in [3.8, 4) is 0 Å². The summed E-state index contributed by atoms with van der Waals surface area (Å²) in [6, 6.07) is 6.63. The van der Waals surface area contributed by atoms with Gasteiger partial charge in [-0.1, -0.05) is 57.5 Å². The third-order valence-electron chi connectivity index (χ3n) is 10.6. The van der Waals surface area contributed by atoms with Crippen LogP contribution in [0, 0.1) is 11.8 Å². The van der Waals surface area contributed by atoms with Crippen molar-refractivity contribution in [2.24, 2.45) is 17.6 Å². The summed E-state index contributed by atoms with van der Waals surface area (Å²) in [6.45, 7) is 7.82. The minimum absolute atomic E-state index is 0.0141. The molecule has 0 bridgehead atoms. The van der Waals surface area contributed by atoms with E-state index in [1.165, 1.54) is 21.1 Å². The molecular formula is C40H65N7O10. The van der Waals surface area contributed by atoms with E-state index < -0.39 is 59.9 Å². The van der Waals surface area contributed by atoms with E-state index in [0.717, 1.165) is 12.0 Å². The van der Waals surface area contributed by atoms with Crippen LogP contribution in [0.2, 0.25) is 0 Å². The zero-order chi connectivity index (χ0) is 42.5. The van der Waals surface area contributed by atoms with Crippen molar-refractivity contribution < 1.29 is 47.8 Å². The molecule has 0 spiro atoms. The van der Waals surface area contributed by atoms with Crippen LogP contribution in [0.25, 0.3) is 0 Å². The number of hydrogen-bond donors (Lipinski definition) is 5. The predicted molar refractivity (Wildman–Crippen MR) is 212 cm³/mol. The number of carbonyl (C=O) groups excluding carboxylic acids is 7. The Bertz CT molecular complexity index is 1450. The lowest BCUT2D eigenvalue weighted by Crippen LogP contribution is -2.55. The van der Waals surface area contributed by atoms with Crippen molar-refractivity contribution in [1.29, 1.82) is 0 Å². The molecule has 2 rings (SSSR count). The highest BCUT2D eigenvalue weighted by molar-refractivity contribution is 5.89. The van der Waals surface area contributed by atoms with Crippen molar-refractivity contribution in [1.82, 2.24) is 31.1 Å². The number of methoxy groups -OCH3 is 2. The molecule has 1 saturated heterocycles. The smallest absolute Gasteiger partial charge is 0.328 e. The fourth-order valence-corrected chi connectivity index (χ4v) is 7.15. The zero-order valence-electron chi connectivity index (χ0n) is 34.6. The van der Waals surface area contributed by atoms with Crippen LogP contribution in [0.3, 0.4) is 0 Å². The first kappa shape index (κ1) is 48.5. The Morgan fingerprint density at radius 3 is 2.32 bits per heavy atom. The maximum Gasteiger partial charge on any atom is 0.328 e. The molecular weight excluding hydrogens is 738 g/mol. The lowest BCUT2D eigenvalue weighted by atomic mass is 9.90. The summed E-state index contributed by atoms with van der Waals surface area (Å²) in [6.07, 6.45) is 1.83. The third-order valence-corrected chi connectivity index (χ3v) is 10.6. The molecule has 1 aliphatic heterocycles. The standard InChI is InChI=1S/C40H65N7O10/c1-8-26(2)36(46(5)35(51)24-41)32(55-6)23-34(50)47-20-12-16-31(47)37(56-7)27(3)38(52)45-30(22-29-14-10-9-11-15-29)39(53)43-18-13-21-57-40(54)28(4)44-33(49)17-19-42-25-48/h9-11,14-15,25-28,30-32,36-37H,8,12-13,16-24,41H2,1-7H3,(H,42,48)(H,43,53)(H,44,49)(H,45,52)/t26-,27+,28?,30-,31-,32+,36-,37+/m0/s1. The average Bonchev–Trinajstić information content (AvgIpc) is 3.69. The molecule has 57 heavy (non-hydrogen) atoms. The predicted octanol–water partition coefficient (Wildman–Crippen LogP) is 0.283. The van der Waals surface area contributed by atoms with E-state index in [2.05, 4.69) is 21.3 Å². The van der Waals surface area contributed by atoms with Gasteiger partial charge in [0.05, 0.1) is 49.8 Å². The van der Waals surface area contributed by atoms with Gasteiger partial charge in [0.1, 0.15) is 12.1 Å². The first-order chi connectivity index (χ1) is 27.2. The van der Waals surface area contributed by atoms with E-state index in [0.29, 0.717) is 25.8 Å². The number of rotatable bonds is 26. The highest BCUT2D eigenvalue weighted by Crippen LogP contribution is 2.29. The van der Waals surface area contributed by atoms with E-state index in [1.807, 2.05) is 44.2 Å². The molecule has 8 atom stereocenters. The molecule has 320 valence electrons. The Morgan fingerprint density at radius 2 is 1.70 bits per heavy atom. The van der Waals surface area contributed by atoms with Gasteiger partial charge in [-0.3, -0.25) is 28.8 Å². The number of likely N-dealkylation sites (N-methyl/N-ethyl adjacent to an activating group) is 1. The lowest BCUT2D eigenvalue weighted by Gasteiger charge is -2.39. The van der Waals surface area contributed by atoms with Gasteiger partial charge in [0.25, 0.3) is 0 Å². The summed E-state index contributed by atoms with van der Waals surface area (Å²) >= 11 is 0. The quantitative estimate of drug-likeness (QED) is 0.0486. The Hall–Kier alpha value is -4.61. The second-order valence-electron chi connectivity index (χ2n) is 14.5. The van der Waals surface area contributed by atoms with Crippen LogP contribution in [-0.2, 0) is 54.2 Å². The first-order valence-corrected chi connectivity index (χ1v) is 19.8. The van der Waals surface area contributed by atoms with Crippen LogP contribution < -0.4 is 27.0 Å². The SMILES string of the molecule is CC[C@H](C)[C@@H]([C@@H](CC(=O)N1CCC[C@H]1[C@H](OC)[C@@H](C)C(=O)N[C@@H](Cc1ccccc1)C(=O)NCCCOC(=O)C(C)NC(=O)CCNC=O)OC)N(C)C(=O)CN. The number of nitrogens with one attached hydrogen (secondary N) is 4. The van der Waals surface area contributed by atoms with Gasteiger partial charge < -0.3 is 51.0 Å². The number of carbonyl (C=O) groups is 7. The number of ether oxygens (including phenoxy) is 3. The normalized spacial score (nSPS) is 17.5. The van der Waals surface area contributed by atoms with Crippen LogP contribution in [0.1, 0.15) is 71.8 Å². The van der Waals surface area contributed by atoms with E-state index in [1.54, 1.807) is 23.8 Å². The summed E-state index contributed by atoms with van der Waals surface area (Å²) in [5, 5.41) is 10.6. The Balaban J connectivity index is 2.08. The van der Waals surface area contributed by atoms with E-state index in [4.69, 9.17) is 19.9 Å². The molecule has 0 saturated carbocycles. The summed E-state index contributed by atoms with van der Waals surface area (Å²) in [5.41, 5.74) is 6.49. The molecule has 1 unspecified atom stereocenters. The molecule has 0 aliphatic carbocycles. The Kier molecular flexibility index (Phi) is 21.8. The van der Waals surface area contributed by atoms with Crippen molar-refractivity contribution >= 4 is 41.9 Å². The minimum Gasteiger partial charge on any atom is -0.464 e. The maximum absolute atomic E-state index is 13.9. The highest BCUT2D eigenvalue weighted by Gasteiger charge is 2.42. The van der Waals surface area contributed by atoms with Gasteiger partial charge in [-0.25, -0.2) is 4.79 Å². The topological polar surface area (TPSA) is 228 Å². The van der Waals surface area contributed by atoms with Gasteiger partial charge in [0, 0.05) is 53.7 Å². The fraction of sp³-hybridized carbons (Fsp3) is 0.675. The molecule has 0 radical (unpaired) electrons. The number of amides is 6. The van der Waals surface area contributed by atoms with Crippen molar-refractivity contribution in [2.45, 2.75) is 109 Å². The van der Waals surface area contributed by atoms with Gasteiger partial charge in [-0.2, -0.15) is 0 Å². The van der Waals surface area contributed by atoms with Gasteiger partial charge in [0.15, 0.2) is 0 Å². The molecule has 1 aliphatic rings. The maximum atomic E-state index is 13.9. The van der Waals surface area contributed by atoms with E-state index in [-0.39, 0.29) is 75.7 Å². The van der Waals surface area contributed by atoms with Crippen LogP contribution >= 0.6 is 0 Å². The largest absolute Gasteiger partial charge is 0.464 e. The summed E-state index contributed by atoms with van der Waals surface area (Å²) < 4.78 is 17.0.